The van der Waals surface area contributed by atoms with Crippen LogP contribution in [0.4, 0.5) is 15.2 Å². The maximum atomic E-state index is 13.6. The van der Waals surface area contributed by atoms with Crippen LogP contribution in [0.2, 0.25) is 5.02 Å². The molecule has 138 valence electrons. The van der Waals surface area contributed by atoms with E-state index in [0.717, 1.165) is 11.3 Å². The molecule has 2 amide bonds. The fourth-order valence-corrected chi connectivity index (χ4v) is 3.76. The van der Waals surface area contributed by atoms with Crippen molar-refractivity contribution in [2.24, 2.45) is 0 Å². The molecule has 1 aromatic heterocycles. The quantitative estimate of drug-likeness (QED) is 0.456. The summed E-state index contributed by atoms with van der Waals surface area (Å²) in [5.41, 5.74) is 0.519. The number of aromatic nitrogens is 2. The maximum Gasteiger partial charge on any atom is 0.260 e. The van der Waals surface area contributed by atoms with Crippen LogP contribution in [0.1, 0.15) is 10.4 Å². The smallest absolute Gasteiger partial charge is 0.260 e. The van der Waals surface area contributed by atoms with Gasteiger partial charge < -0.3 is 5.32 Å². The van der Waals surface area contributed by atoms with Gasteiger partial charge in [-0.3, -0.25) is 14.9 Å². The van der Waals surface area contributed by atoms with Crippen molar-refractivity contribution < 1.29 is 14.0 Å². The molecule has 0 saturated carbocycles. The van der Waals surface area contributed by atoms with Gasteiger partial charge in [0.15, 0.2) is 4.34 Å². The van der Waals surface area contributed by atoms with Gasteiger partial charge in [0.1, 0.15) is 5.82 Å². The molecule has 0 spiro atoms. The van der Waals surface area contributed by atoms with Crippen LogP contribution in [-0.4, -0.2) is 27.8 Å². The molecule has 2 N–H and O–H groups in total. The van der Waals surface area contributed by atoms with E-state index < -0.39 is 11.7 Å². The third kappa shape index (κ3) is 5.49. The third-order valence-corrected chi connectivity index (χ3v) is 5.39. The molecule has 10 heteroatoms. The normalized spacial score (nSPS) is 10.4. The van der Waals surface area contributed by atoms with Crippen molar-refractivity contribution >= 4 is 57.3 Å². The average Bonchev–Trinajstić information content (AvgIpc) is 3.08. The second-order valence-electron chi connectivity index (χ2n) is 5.15. The minimum Gasteiger partial charge on any atom is -0.325 e. The fraction of sp³-hybridized carbons (Fsp3) is 0.0588. The summed E-state index contributed by atoms with van der Waals surface area (Å²) in [5.74, 6) is -1.34. The highest BCUT2D eigenvalue weighted by Gasteiger charge is 2.14. The molecule has 3 aromatic rings. The van der Waals surface area contributed by atoms with Gasteiger partial charge in [0.2, 0.25) is 11.0 Å². The number of anilines is 2. The first kappa shape index (κ1) is 19.3. The Labute approximate surface area is 167 Å². The molecular weight excluding hydrogens is 411 g/mol. The van der Waals surface area contributed by atoms with Gasteiger partial charge in [-0.15, -0.1) is 10.2 Å². The van der Waals surface area contributed by atoms with Crippen molar-refractivity contribution in [3.8, 4) is 0 Å². The molecule has 3 rings (SSSR count). The van der Waals surface area contributed by atoms with Crippen LogP contribution in [0.15, 0.2) is 52.9 Å². The van der Waals surface area contributed by atoms with Gasteiger partial charge in [0, 0.05) is 10.7 Å². The van der Waals surface area contributed by atoms with Crippen molar-refractivity contribution in [3.05, 3.63) is 64.9 Å². The predicted octanol–water partition coefficient (Wildman–Crippen LogP) is 4.31. The van der Waals surface area contributed by atoms with Crippen molar-refractivity contribution in [1.29, 1.82) is 0 Å². The van der Waals surface area contributed by atoms with E-state index in [2.05, 4.69) is 20.8 Å². The van der Waals surface area contributed by atoms with Crippen molar-refractivity contribution in [1.82, 2.24) is 10.2 Å². The lowest BCUT2D eigenvalue weighted by atomic mass is 10.2. The number of benzene rings is 2. The number of rotatable bonds is 6. The van der Waals surface area contributed by atoms with Crippen LogP contribution in [0.5, 0.6) is 0 Å². The number of halogens is 2. The van der Waals surface area contributed by atoms with Gasteiger partial charge in [0.05, 0.1) is 11.3 Å². The Morgan fingerprint density at radius 2 is 1.93 bits per heavy atom. The van der Waals surface area contributed by atoms with E-state index in [-0.39, 0.29) is 22.4 Å². The van der Waals surface area contributed by atoms with Gasteiger partial charge in [-0.05, 0) is 30.3 Å². The standard InChI is InChI=1S/C17H12ClFN4O2S2/c18-10-4-3-5-11(8-10)20-14(24)9-26-17-23-22-16(27-17)21-15(25)12-6-1-2-7-13(12)19/h1-8H,9H2,(H,20,24)(H,21,22,25). The number of hydrogen-bond donors (Lipinski definition) is 2. The average molecular weight is 423 g/mol. The molecule has 0 fully saturated rings. The first-order valence-corrected chi connectivity index (χ1v) is 9.77. The van der Waals surface area contributed by atoms with Crippen LogP contribution in [0.3, 0.4) is 0 Å². The van der Waals surface area contributed by atoms with E-state index in [9.17, 15) is 14.0 Å². The zero-order chi connectivity index (χ0) is 19.2. The van der Waals surface area contributed by atoms with Crippen molar-refractivity contribution in [2.75, 3.05) is 16.4 Å². The Kier molecular flexibility index (Phi) is 6.38. The molecule has 6 nitrogen and oxygen atoms in total. The summed E-state index contributed by atoms with van der Waals surface area (Å²) in [6.45, 7) is 0. The highest BCUT2D eigenvalue weighted by atomic mass is 35.5. The topological polar surface area (TPSA) is 84.0 Å². The zero-order valence-electron chi connectivity index (χ0n) is 13.6. The molecular formula is C17H12ClFN4O2S2. The van der Waals surface area contributed by atoms with Crippen molar-refractivity contribution in [2.45, 2.75) is 4.34 Å². The molecule has 0 aliphatic heterocycles. The molecule has 0 bridgehead atoms. The fourth-order valence-electron chi connectivity index (χ4n) is 2.02. The molecule has 0 radical (unpaired) electrons. The monoisotopic (exact) mass is 422 g/mol. The summed E-state index contributed by atoms with van der Waals surface area (Å²) in [4.78, 5) is 24.0. The lowest BCUT2D eigenvalue weighted by Gasteiger charge is -2.04. The molecule has 0 aliphatic carbocycles. The summed E-state index contributed by atoms with van der Waals surface area (Å²) in [5, 5.41) is 13.7. The number of nitrogens with zero attached hydrogens (tertiary/aromatic N) is 2. The van der Waals surface area contributed by atoms with E-state index in [0.29, 0.717) is 15.0 Å². The summed E-state index contributed by atoms with van der Waals surface area (Å²) in [6.07, 6.45) is 0. The lowest BCUT2D eigenvalue weighted by Crippen LogP contribution is -2.13. The molecule has 0 atom stereocenters. The van der Waals surface area contributed by atoms with Crippen LogP contribution in [0, 0.1) is 5.82 Å². The summed E-state index contributed by atoms with van der Waals surface area (Å²) in [7, 11) is 0. The Morgan fingerprint density at radius 3 is 2.70 bits per heavy atom. The van der Waals surface area contributed by atoms with Gasteiger partial charge in [-0.1, -0.05) is 52.9 Å². The molecule has 1 heterocycles. The Morgan fingerprint density at radius 1 is 1.11 bits per heavy atom. The SMILES string of the molecule is O=C(CSc1nnc(NC(=O)c2ccccc2F)s1)Nc1cccc(Cl)c1. The number of amides is 2. The largest absolute Gasteiger partial charge is 0.325 e. The molecule has 27 heavy (non-hydrogen) atoms. The predicted molar refractivity (Wildman–Crippen MR) is 105 cm³/mol. The number of carbonyl (C=O) groups is 2. The highest BCUT2D eigenvalue weighted by molar-refractivity contribution is 8.01. The third-order valence-electron chi connectivity index (χ3n) is 3.18. The second kappa shape index (κ2) is 8.94. The lowest BCUT2D eigenvalue weighted by molar-refractivity contribution is -0.113. The molecule has 2 aromatic carbocycles. The van der Waals surface area contributed by atoms with Gasteiger partial charge in [-0.2, -0.15) is 0 Å². The summed E-state index contributed by atoms with van der Waals surface area (Å²) in [6, 6.07) is 12.5. The zero-order valence-corrected chi connectivity index (χ0v) is 16.0. The van der Waals surface area contributed by atoms with E-state index in [4.69, 9.17) is 11.6 Å². The van der Waals surface area contributed by atoms with E-state index in [1.807, 2.05) is 0 Å². The van der Waals surface area contributed by atoms with Crippen LogP contribution in [-0.2, 0) is 4.79 Å². The van der Waals surface area contributed by atoms with Gasteiger partial charge in [-0.25, -0.2) is 4.39 Å². The van der Waals surface area contributed by atoms with Crippen LogP contribution >= 0.6 is 34.7 Å². The van der Waals surface area contributed by atoms with Gasteiger partial charge >= 0.3 is 0 Å². The molecule has 0 unspecified atom stereocenters. The summed E-state index contributed by atoms with van der Waals surface area (Å²) >= 11 is 8.14. The molecule has 0 saturated heterocycles. The highest BCUT2D eigenvalue weighted by Crippen LogP contribution is 2.26. The minimum atomic E-state index is -0.619. The van der Waals surface area contributed by atoms with Crippen molar-refractivity contribution in [3.63, 3.8) is 0 Å². The van der Waals surface area contributed by atoms with E-state index in [1.165, 1.54) is 30.0 Å². The van der Waals surface area contributed by atoms with Gasteiger partial charge in [0.25, 0.3) is 5.91 Å². The number of carbonyl (C=O) groups excluding carboxylic acids is 2. The van der Waals surface area contributed by atoms with Crippen LogP contribution < -0.4 is 10.6 Å². The van der Waals surface area contributed by atoms with E-state index >= 15 is 0 Å². The Bertz CT molecular complexity index is 983. The Balaban J connectivity index is 1.53. The minimum absolute atomic E-state index is 0.0807. The van der Waals surface area contributed by atoms with Crippen LogP contribution in [0.25, 0.3) is 0 Å². The molecule has 0 aliphatic rings. The number of hydrogen-bond acceptors (Lipinski definition) is 6. The van der Waals surface area contributed by atoms with E-state index in [1.54, 1.807) is 30.3 Å². The first-order chi connectivity index (χ1) is 13.0. The number of nitrogens with one attached hydrogen (secondary N) is 2. The summed E-state index contributed by atoms with van der Waals surface area (Å²) < 4.78 is 14.1. The first-order valence-electron chi connectivity index (χ1n) is 7.59. The Hall–Kier alpha value is -2.49. The number of thioether (sulfide) groups is 1. The maximum absolute atomic E-state index is 13.6. The second-order valence-corrected chi connectivity index (χ2v) is 7.79.